The Bertz CT molecular complexity index is 993. The lowest BCUT2D eigenvalue weighted by molar-refractivity contribution is -0.0232. The first-order valence-corrected chi connectivity index (χ1v) is 10.2. The number of hydrogen-bond acceptors (Lipinski definition) is 3. The van der Waals surface area contributed by atoms with Crippen LogP contribution in [0.5, 0.6) is 0 Å². The molecule has 1 aromatic carbocycles. The van der Waals surface area contributed by atoms with Crippen LogP contribution in [0.4, 0.5) is 8.78 Å². The van der Waals surface area contributed by atoms with Crippen molar-refractivity contribution in [3.05, 3.63) is 65.5 Å². The number of alkyl halides is 2. The zero-order valence-corrected chi connectivity index (χ0v) is 17.2. The second-order valence-corrected chi connectivity index (χ2v) is 7.30. The molecule has 6 nitrogen and oxygen atoms in total. The largest absolute Gasteiger partial charge is 0.477 e. The Morgan fingerprint density at radius 1 is 1.13 bits per heavy atom. The number of halogens is 2. The van der Waals surface area contributed by atoms with E-state index in [9.17, 15) is 18.7 Å². The third kappa shape index (κ3) is 4.75. The van der Waals surface area contributed by atoms with Crippen molar-refractivity contribution in [2.45, 2.75) is 58.4 Å². The van der Waals surface area contributed by atoms with Gasteiger partial charge >= 0.3 is 11.9 Å². The summed E-state index contributed by atoms with van der Waals surface area (Å²) in [5.74, 6) is -3.89. The first-order valence-electron chi connectivity index (χ1n) is 10.2. The second kappa shape index (κ2) is 9.19. The molecule has 0 amide bonds. The van der Waals surface area contributed by atoms with E-state index in [2.05, 4.69) is 10.1 Å². The Morgan fingerprint density at radius 2 is 1.87 bits per heavy atom. The number of carbonyl (C=O) groups is 1. The molecular weight excluding hydrogens is 390 g/mol. The van der Waals surface area contributed by atoms with Gasteiger partial charge in [0.25, 0.3) is 0 Å². The van der Waals surface area contributed by atoms with Crippen LogP contribution in [-0.4, -0.2) is 30.4 Å². The molecule has 0 saturated heterocycles. The van der Waals surface area contributed by atoms with Gasteiger partial charge in [-0.2, -0.15) is 8.78 Å². The van der Waals surface area contributed by atoms with Crippen molar-refractivity contribution in [3.8, 4) is 5.69 Å². The minimum Gasteiger partial charge on any atom is -0.477 e. The maximum absolute atomic E-state index is 14.3. The predicted octanol–water partition coefficient (Wildman–Crippen LogP) is 5.05. The maximum atomic E-state index is 14.3. The summed E-state index contributed by atoms with van der Waals surface area (Å²) in [4.78, 5) is 15.5. The number of carboxylic acid groups (broad SMARTS) is 1. The lowest BCUT2D eigenvalue weighted by Gasteiger charge is -2.10. The molecule has 0 atom stereocenters. The van der Waals surface area contributed by atoms with Crippen LogP contribution in [0.3, 0.4) is 0 Å². The zero-order valence-electron chi connectivity index (χ0n) is 17.2. The monoisotopic (exact) mass is 416 g/mol. The number of aromatic carboxylic acids is 1. The van der Waals surface area contributed by atoms with Gasteiger partial charge in [0.1, 0.15) is 11.5 Å². The number of nitrogens with zero attached hydrogens (tertiary/aromatic N) is 4. The molecule has 160 valence electrons. The Balaban J connectivity index is 1.85. The average molecular weight is 416 g/mol. The molecule has 0 unspecified atom stereocenters. The van der Waals surface area contributed by atoms with Crippen LogP contribution in [0.2, 0.25) is 0 Å². The molecular formula is C22H26F2N4O2. The standard InChI is InChI=1S/C22H26F2N4O2/c1-3-5-8-19-25-21(22(23,24)13-4-2)26-28(19)15-16-9-11-17(12-10-16)27-14-6-7-18(27)20(29)30/h6-7,9-12,14H,3-5,8,13,15H2,1-2H3,(H,29,30). The molecule has 0 bridgehead atoms. The Morgan fingerprint density at radius 3 is 2.50 bits per heavy atom. The number of carboxylic acids is 1. The van der Waals surface area contributed by atoms with E-state index in [4.69, 9.17) is 0 Å². The fraction of sp³-hybridized carbons (Fsp3) is 0.409. The Kier molecular flexibility index (Phi) is 6.64. The summed E-state index contributed by atoms with van der Waals surface area (Å²) in [5, 5.41) is 13.4. The Labute approximate surface area is 174 Å². The summed E-state index contributed by atoms with van der Waals surface area (Å²) in [6.45, 7) is 4.08. The summed E-state index contributed by atoms with van der Waals surface area (Å²) >= 11 is 0. The van der Waals surface area contributed by atoms with Crippen molar-refractivity contribution in [3.63, 3.8) is 0 Å². The van der Waals surface area contributed by atoms with Crippen molar-refractivity contribution in [2.24, 2.45) is 0 Å². The van der Waals surface area contributed by atoms with Gasteiger partial charge < -0.3 is 9.67 Å². The molecule has 3 aromatic rings. The number of rotatable bonds is 10. The number of benzene rings is 1. The molecule has 1 N–H and O–H groups in total. The van der Waals surface area contributed by atoms with Gasteiger partial charge in [0.2, 0.25) is 5.82 Å². The van der Waals surface area contributed by atoms with Crippen molar-refractivity contribution >= 4 is 5.97 Å². The molecule has 8 heteroatoms. The number of aromatic nitrogens is 4. The smallest absolute Gasteiger partial charge is 0.352 e. The van der Waals surface area contributed by atoms with Crippen molar-refractivity contribution in [2.75, 3.05) is 0 Å². The summed E-state index contributed by atoms with van der Waals surface area (Å²) in [7, 11) is 0. The van der Waals surface area contributed by atoms with Crippen LogP contribution in [0.15, 0.2) is 42.6 Å². The lowest BCUT2D eigenvalue weighted by Crippen LogP contribution is -2.16. The highest BCUT2D eigenvalue weighted by molar-refractivity contribution is 5.86. The maximum Gasteiger partial charge on any atom is 0.352 e. The molecule has 2 aromatic heterocycles. The SMILES string of the molecule is CCCCc1nc(C(F)(F)CCC)nn1Cc1ccc(-n2cccc2C(=O)O)cc1. The van der Waals surface area contributed by atoms with Crippen molar-refractivity contribution < 1.29 is 18.7 Å². The van der Waals surface area contributed by atoms with Crippen LogP contribution in [0.25, 0.3) is 5.69 Å². The van der Waals surface area contributed by atoms with E-state index in [0.29, 0.717) is 30.9 Å². The number of unbranched alkanes of at least 4 members (excludes halogenated alkanes) is 1. The number of aryl methyl sites for hydroxylation is 1. The molecule has 30 heavy (non-hydrogen) atoms. The lowest BCUT2D eigenvalue weighted by atomic mass is 10.2. The summed E-state index contributed by atoms with van der Waals surface area (Å²) in [5.41, 5.74) is 1.75. The predicted molar refractivity (Wildman–Crippen MR) is 109 cm³/mol. The second-order valence-electron chi connectivity index (χ2n) is 7.30. The average Bonchev–Trinajstić information content (AvgIpc) is 3.35. The van der Waals surface area contributed by atoms with E-state index in [1.807, 2.05) is 19.1 Å². The molecule has 2 heterocycles. The Hall–Kier alpha value is -3.03. The highest BCUT2D eigenvalue weighted by Crippen LogP contribution is 2.30. The van der Waals surface area contributed by atoms with E-state index >= 15 is 0 Å². The minimum absolute atomic E-state index is 0.170. The molecule has 0 aliphatic carbocycles. The molecule has 0 aliphatic heterocycles. The van der Waals surface area contributed by atoms with Gasteiger partial charge in [0, 0.05) is 24.7 Å². The van der Waals surface area contributed by atoms with Crippen LogP contribution < -0.4 is 0 Å². The third-order valence-corrected chi connectivity index (χ3v) is 4.91. The zero-order chi connectivity index (χ0) is 21.7. The van der Waals surface area contributed by atoms with E-state index in [1.54, 1.807) is 40.6 Å². The van der Waals surface area contributed by atoms with Crippen molar-refractivity contribution in [1.82, 2.24) is 19.3 Å². The first-order chi connectivity index (χ1) is 14.4. The fourth-order valence-electron chi connectivity index (χ4n) is 3.32. The molecule has 0 saturated carbocycles. The van der Waals surface area contributed by atoms with Gasteiger partial charge in [-0.05, 0) is 42.7 Å². The van der Waals surface area contributed by atoms with Crippen LogP contribution >= 0.6 is 0 Å². The van der Waals surface area contributed by atoms with E-state index < -0.39 is 17.7 Å². The topological polar surface area (TPSA) is 72.9 Å². The minimum atomic E-state index is -3.04. The summed E-state index contributed by atoms with van der Waals surface area (Å²) < 4.78 is 31.8. The van der Waals surface area contributed by atoms with Gasteiger partial charge in [0.05, 0.1) is 6.54 Å². The molecule has 3 rings (SSSR count). The van der Waals surface area contributed by atoms with E-state index in [0.717, 1.165) is 18.4 Å². The van der Waals surface area contributed by atoms with E-state index in [-0.39, 0.29) is 12.1 Å². The van der Waals surface area contributed by atoms with Crippen LogP contribution in [0.1, 0.15) is 67.2 Å². The highest BCUT2D eigenvalue weighted by Gasteiger charge is 2.36. The third-order valence-electron chi connectivity index (χ3n) is 4.91. The fourth-order valence-corrected chi connectivity index (χ4v) is 3.32. The summed E-state index contributed by atoms with van der Waals surface area (Å²) in [6, 6.07) is 10.5. The van der Waals surface area contributed by atoms with Crippen molar-refractivity contribution in [1.29, 1.82) is 0 Å². The van der Waals surface area contributed by atoms with Gasteiger partial charge in [0.15, 0.2) is 0 Å². The normalized spacial score (nSPS) is 11.7. The van der Waals surface area contributed by atoms with Gasteiger partial charge in [-0.25, -0.2) is 14.5 Å². The first kappa shape index (κ1) is 21.7. The molecule has 0 aliphatic rings. The quantitative estimate of drug-likeness (QED) is 0.502. The van der Waals surface area contributed by atoms with Gasteiger partial charge in [-0.3, -0.25) is 0 Å². The van der Waals surface area contributed by atoms with Crippen LogP contribution in [0, 0.1) is 0 Å². The summed E-state index contributed by atoms with van der Waals surface area (Å²) in [6.07, 6.45) is 4.13. The van der Waals surface area contributed by atoms with E-state index in [1.165, 1.54) is 6.07 Å². The van der Waals surface area contributed by atoms with Gasteiger partial charge in [-0.15, -0.1) is 5.10 Å². The molecule has 0 radical (unpaired) electrons. The van der Waals surface area contributed by atoms with Crippen LogP contribution in [-0.2, 0) is 18.9 Å². The number of hydrogen-bond donors (Lipinski definition) is 1. The molecule has 0 fully saturated rings. The molecule has 0 spiro atoms. The van der Waals surface area contributed by atoms with Gasteiger partial charge in [-0.1, -0.05) is 32.4 Å². The highest BCUT2D eigenvalue weighted by atomic mass is 19.3.